The lowest BCUT2D eigenvalue weighted by Crippen LogP contribution is -2.78. The van der Waals surface area contributed by atoms with Crippen LogP contribution < -0.4 is 5.32 Å². The van der Waals surface area contributed by atoms with Crippen molar-refractivity contribution in [1.82, 2.24) is 19.7 Å². The highest BCUT2D eigenvalue weighted by molar-refractivity contribution is 6.01. The van der Waals surface area contributed by atoms with Crippen molar-refractivity contribution in [1.29, 1.82) is 5.41 Å². The second kappa shape index (κ2) is 6.39. The van der Waals surface area contributed by atoms with Crippen molar-refractivity contribution in [3.05, 3.63) is 30.6 Å². The van der Waals surface area contributed by atoms with Gasteiger partial charge in [0.15, 0.2) is 0 Å². The van der Waals surface area contributed by atoms with Gasteiger partial charge in [-0.25, -0.2) is 8.78 Å². The van der Waals surface area contributed by atoms with Gasteiger partial charge in [0.2, 0.25) is 5.91 Å². The second-order valence-corrected chi connectivity index (χ2v) is 7.09. The van der Waals surface area contributed by atoms with Crippen LogP contribution in [-0.2, 0) is 4.79 Å². The number of anilines is 1. The molecule has 1 amide bonds. The molecule has 3 heterocycles. The van der Waals surface area contributed by atoms with E-state index in [1.807, 2.05) is 0 Å². The number of likely N-dealkylation sites (N-methyl/N-ethyl adjacent to an activating group) is 1. The lowest BCUT2D eigenvalue weighted by molar-refractivity contribution is -0.236. The Bertz CT molecular complexity index is 731. The molecule has 0 bridgehead atoms. The molecule has 7 nitrogen and oxygen atoms in total. The maximum Gasteiger partial charge on any atom is 0.289 e. The number of amidine groups is 1. The number of aromatic nitrogens is 1. The van der Waals surface area contributed by atoms with Crippen molar-refractivity contribution in [3.8, 4) is 0 Å². The molecule has 0 radical (unpaired) electrons. The maximum absolute atomic E-state index is 14.5. The molecule has 1 aromatic rings. The molecule has 2 fully saturated rings. The van der Waals surface area contributed by atoms with Gasteiger partial charge in [0.25, 0.3) is 5.92 Å². The molecule has 2 saturated heterocycles. The van der Waals surface area contributed by atoms with Gasteiger partial charge >= 0.3 is 0 Å². The minimum atomic E-state index is -2.94. The average molecular weight is 366 g/mol. The number of alkyl halides is 2. The van der Waals surface area contributed by atoms with E-state index in [4.69, 9.17) is 5.41 Å². The fourth-order valence-electron chi connectivity index (χ4n) is 3.75. The van der Waals surface area contributed by atoms with E-state index in [1.165, 1.54) is 11.1 Å². The van der Waals surface area contributed by atoms with Crippen molar-refractivity contribution in [2.45, 2.75) is 17.9 Å². The van der Waals surface area contributed by atoms with Crippen molar-refractivity contribution in [2.24, 2.45) is 0 Å². The fraction of sp³-hybridized carbons (Fsp3) is 0.529. The number of carbonyl (C=O) groups is 1. The molecule has 2 aliphatic rings. The van der Waals surface area contributed by atoms with Gasteiger partial charge in [0, 0.05) is 19.3 Å². The third-order valence-electron chi connectivity index (χ3n) is 5.12. The summed E-state index contributed by atoms with van der Waals surface area (Å²) >= 11 is 0. The monoisotopic (exact) mass is 366 g/mol. The number of rotatable bonds is 5. The summed E-state index contributed by atoms with van der Waals surface area (Å²) in [5.41, 5.74) is -0.940. The van der Waals surface area contributed by atoms with Crippen LogP contribution in [0.4, 0.5) is 14.6 Å². The summed E-state index contributed by atoms with van der Waals surface area (Å²) in [5.74, 6) is -2.50. The first-order chi connectivity index (χ1) is 12.2. The number of carbonyl (C=O) groups excluding carboxylic acids is 1. The zero-order valence-corrected chi connectivity index (χ0v) is 15.0. The number of halogens is 2. The number of aromatic amines is 1. The molecule has 0 saturated carbocycles. The Labute approximate surface area is 151 Å². The summed E-state index contributed by atoms with van der Waals surface area (Å²) in [7, 11) is 3.47. The Hall–Kier alpha value is -2.42. The number of nitrogens with zero attached hydrogens (tertiary/aromatic N) is 3. The predicted octanol–water partition coefficient (Wildman–Crippen LogP) is 1.38. The number of amides is 1. The Balaban J connectivity index is 1.79. The quantitative estimate of drug-likeness (QED) is 0.543. The van der Waals surface area contributed by atoms with Crippen LogP contribution in [0.3, 0.4) is 0 Å². The van der Waals surface area contributed by atoms with Crippen molar-refractivity contribution < 1.29 is 13.6 Å². The zero-order valence-electron chi connectivity index (χ0n) is 15.0. The van der Waals surface area contributed by atoms with E-state index in [0.717, 1.165) is 0 Å². The van der Waals surface area contributed by atoms with E-state index >= 15 is 0 Å². The molecular weight excluding hydrogens is 342 g/mol. The standard InChI is InChI=1S/C17H24F2N6O/c1-4-21-15-12(5-7-22-15)14(20)24-8-6-16(10-24)17(18,19)11-25(16)13(26)9-23(2)3/h4-5,7,20-22H,1,6,8-11H2,2-3H3. The number of hydrogen-bond donors (Lipinski definition) is 3. The van der Waals surface area contributed by atoms with Crippen molar-refractivity contribution in [3.63, 3.8) is 0 Å². The molecule has 26 heavy (non-hydrogen) atoms. The summed E-state index contributed by atoms with van der Waals surface area (Å²) in [6.45, 7) is 3.40. The van der Waals surface area contributed by atoms with Crippen LogP contribution in [0.15, 0.2) is 25.0 Å². The average Bonchev–Trinajstić information content (AvgIpc) is 3.20. The number of nitrogens with one attached hydrogen (secondary N) is 3. The topological polar surface area (TPSA) is 78.5 Å². The molecule has 3 rings (SSSR count). The third kappa shape index (κ3) is 2.76. The number of H-pyrrole nitrogens is 1. The first-order valence-corrected chi connectivity index (χ1v) is 8.43. The van der Waals surface area contributed by atoms with E-state index in [0.29, 0.717) is 17.9 Å². The minimum Gasteiger partial charge on any atom is -0.354 e. The van der Waals surface area contributed by atoms with Crippen LogP contribution in [0.2, 0.25) is 0 Å². The van der Waals surface area contributed by atoms with Crippen LogP contribution in [0.25, 0.3) is 0 Å². The van der Waals surface area contributed by atoms with Gasteiger partial charge in [-0.1, -0.05) is 6.58 Å². The smallest absolute Gasteiger partial charge is 0.289 e. The molecule has 0 aliphatic carbocycles. The zero-order chi connectivity index (χ0) is 19.1. The molecule has 1 unspecified atom stereocenters. The second-order valence-electron chi connectivity index (χ2n) is 7.09. The molecule has 3 N–H and O–H groups in total. The molecule has 1 spiro atoms. The van der Waals surface area contributed by atoms with E-state index in [9.17, 15) is 13.6 Å². The van der Waals surface area contributed by atoms with Crippen LogP contribution in [0.1, 0.15) is 12.0 Å². The van der Waals surface area contributed by atoms with Gasteiger partial charge in [-0.3, -0.25) is 10.2 Å². The summed E-state index contributed by atoms with van der Waals surface area (Å²) in [4.78, 5) is 19.9. The first-order valence-electron chi connectivity index (χ1n) is 8.43. The van der Waals surface area contributed by atoms with Gasteiger partial charge in [-0.05, 0) is 32.8 Å². The first kappa shape index (κ1) is 18.4. The van der Waals surface area contributed by atoms with Crippen molar-refractivity contribution >= 4 is 17.6 Å². The van der Waals surface area contributed by atoms with Crippen LogP contribution in [-0.4, -0.2) is 83.2 Å². The van der Waals surface area contributed by atoms with E-state index < -0.39 is 18.0 Å². The van der Waals surface area contributed by atoms with Crippen LogP contribution in [0.5, 0.6) is 0 Å². The molecule has 0 aromatic carbocycles. The minimum absolute atomic E-state index is 0.0449. The molecule has 9 heteroatoms. The summed E-state index contributed by atoms with van der Waals surface area (Å²) in [6, 6.07) is 1.72. The SMILES string of the molecule is C=CNc1[nH]ccc1C(=N)N1CCC2(C1)N(C(=O)CN(C)C)CC2(F)F. The van der Waals surface area contributed by atoms with E-state index in [1.54, 1.807) is 36.2 Å². The van der Waals surface area contributed by atoms with Gasteiger partial charge in [-0.15, -0.1) is 0 Å². The van der Waals surface area contributed by atoms with Gasteiger partial charge in [-0.2, -0.15) is 0 Å². The summed E-state index contributed by atoms with van der Waals surface area (Å²) in [6.07, 6.45) is 3.30. The normalized spacial score (nSPS) is 24.0. The van der Waals surface area contributed by atoms with Gasteiger partial charge in [0.05, 0.1) is 18.7 Å². The number of likely N-dealkylation sites (tertiary alicyclic amines) is 2. The van der Waals surface area contributed by atoms with Crippen molar-refractivity contribution in [2.75, 3.05) is 45.6 Å². The Kier molecular flexibility index (Phi) is 4.51. The lowest BCUT2D eigenvalue weighted by Gasteiger charge is -2.56. The number of hydrogen-bond acceptors (Lipinski definition) is 4. The Morgan fingerprint density at radius 2 is 2.23 bits per heavy atom. The summed E-state index contributed by atoms with van der Waals surface area (Å²) in [5, 5.41) is 11.3. The maximum atomic E-state index is 14.5. The molecular formula is C17H24F2N6O. The highest BCUT2D eigenvalue weighted by atomic mass is 19.3. The van der Waals surface area contributed by atoms with Gasteiger partial charge in [0.1, 0.15) is 17.2 Å². The van der Waals surface area contributed by atoms with Crippen LogP contribution >= 0.6 is 0 Å². The highest BCUT2D eigenvalue weighted by Gasteiger charge is 2.70. The predicted molar refractivity (Wildman–Crippen MR) is 95.6 cm³/mol. The van der Waals surface area contributed by atoms with E-state index in [2.05, 4.69) is 16.9 Å². The molecule has 142 valence electrons. The summed E-state index contributed by atoms with van der Waals surface area (Å²) < 4.78 is 29.0. The molecule has 2 aliphatic heterocycles. The highest BCUT2D eigenvalue weighted by Crippen LogP contribution is 2.50. The van der Waals surface area contributed by atoms with Gasteiger partial charge < -0.3 is 25.0 Å². The van der Waals surface area contributed by atoms with E-state index in [-0.39, 0.29) is 31.3 Å². The van der Waals surface area contributed by atoms with Crippen LogP contribution in [0, 0.1) is 5.41 Å². The fourth-order valence-corrected chi connectivity index (χ4v) is 3.75. The molecule has 1 atom stereocenters. The Morgan fingerprint density at radius 3 is 2.85 bits per heavy atom. The lowest BCUT2D eigenvalue weighted by atomic mass is 9.79. The Morgan fingerprint density at radius 1 is 1.50 bits per heavy atom. The largest absolute Gasteiger partial charge is 0.354 e. The third-order valence-corrected chi connectivity index (χ3v) is 5.12. The molecule has 1 aromatic heterocycles.